The van der Waals surface area contributed by atoms with E-state index in [1.54, 1.807) is 0 Å². The summed E-state index contributed by atoms with van der Waals surface area (Å²) in [6.45, 7) is 2.13. The van der Waals surface area contributed by atoms with Crippen LogP contribution >= 0.6 is 22.6 Å². The van der Waals surface area contributed by atoms with Gasteiger partial charge in [0.05, 0.1) is 5.56 Å². The van der Waals surface area contributed by atoms with Crippen LogP contribution in [0.3, 0.4) is 0 Å². The van der Waals surface area contributed by atoms with Crippen molar-refractivity contribution in [2.75, 3.05) is 19.8 Å². The van der Waals surface area contributed by atoms with Gasteiger partial charge in [-0.05, 0) is 53.1 Å². The highest BCUT2D eigenvalue weighted by atomic mass is 127. The Bertz CT molecular complexity index is 666. The fourth-order valence-electron chi connectivity index (χ4n) is 3.11. The normalized spacial score (nSPS) is 16.7. The molecule has 0 spiro atoms. The lowest BCUT2D eigenvalue weighted by Gasteiger charge is -2.38. The van der Waals surface area contributed by atoms with E-state index in [0.29, 0.717) is 6.54 Å². The molecule has 1 saturated heterocycles. The number of hydrogen-bond acceptors (Lipinski definition) is 2. The zero-order chi connectivity index (χ0) is 16.1. The van der Waals surface area contributed by atoms with Gasteiger partial charge < -0.3 is 10.1 Å². The van der Waals surface area contributed by atoms with Crippen LogP contribution in [-0.2, 0) is 10.2 Å². The molecule has 1 fully saturated rings. The minimum absolute atomic E-state index is 0.00296. The van der Waals surface area contributed by atoms with Gasteiger partial charge in [-0.1, -0.05) is 42.5 Å². The molecule has 0 bridgehead atoms. The Morgan fingerprint density at radius 3 is 2.39 bits per heavy atom. The van der Waals surface area contributed by atoms with Crippen LogP contribution in [0.5, 0.6) is 0 Å². The first-order valence-electron chi connectivity index (χ1n) is 7.87. The zero-order valence-corrected chi connectivity index (χ0v) is 15.1. The minimum atomic E-state index is -0.0324. The number of rotatable bonds is 4. The first kappa shape index (κ1) is 16.5. The molecule has 23 heavy (non-hydrogen) atoms. The SMILES string of the molecule is O=C(NCC1(c2ccccc2)CCOCC1)c1ccccc1I. The maximum Gasteiger partial charge on any atom is 0.252 e. The summed E-state index contributed by atoms with van der Waals surface area (Å²) in [4.78, 5) is 12.5. The van der Waals surface area contributed by atoms with Crippen molar-refractivity contribution in [3.05, 3.63) is 69.3 Å². The van der Waals surface area contributed by atoms with Crippen LogP contribution in [0.4, 0.5) is 0 Å². The molecule has 0 aromatic heterocycles. The summed E-state index contributed by atoms with van der Waals surface area (Å²) in [5.74, 6) is -0.00296. The average molecular weight is 421 g/mol. The molecule has 0 aliphatic carbocycles. The first-order valence-corrected chi connectivity index (χ1v) is 8.95. The van der Waals surface area contributed by atoms with Gasteiger partial charge in [-0.2, -0.15) is 0 Å². The molecule has 4 heteroatoms. The third kappa shape index (κ3) is 3.75. The lowest BCUT2D eigenvalue weighted by atomic mass is 9.74. The van der Waals surface area contributed by atoms with Gasteiger partial charge in [0.15, 0.2) is 0 Å². The molecule has 3 rings (SSSR count). The summed E-state index contributed by atoms with van der Waals surface area (Å²) in [5, 5.41) is 3.15. The second kappa shape index (κ2) is 7.45. The Kier molecular flexibility index (Phi) is 5.33. The number of amides is 1. The molecule has 0 unspecified atom stereocenters. The van der Waals surface area contributed by atoms with Crippen molar-refractivity contribution >= 4 is 28.5 Å². The molecule has 1 heterocycles. The van der Waals surface area contributed by atoms with E-state index in [1.807, 2.05) is 30.3 Å². The fraction of sp³-hybridized carbons (Fsp3) is 0.316. The Morgan fingerprint density at radius 1 is 1.04 bits per heavy atom. The van der Waals surface area contributed by atoms with Gasteiger partial charge in [0, 0.05) is 28.7 Å². The van der Waals surface area contributed by atoms with Gasteiger partial charge in [-0.3, -0.25) is 4.79 Å². The van der Waals surface area contributed by atoms with E-state index in [9.17, 15) is 4.79 Å². The van der Waals surface area contributed by atoms with Crippen molar-refractivity contribution < 1.29 is 9.53 Å². The van der Waals surface area contributed by atoms with Crippen LogP contribution in [0, 0.1) is 3.57 Å². The van der Waals surface area contributed by atoms with Crippen molar-refractivity contribution in [1.29, 1.82) is 0 Å². The minimum Gasteiger partial charge on any atom is -0.381 e. The highest BCUT2D eigenvalue weighted by Gasteiger charge is 2.34. The third-order valence-electron chi connectivity index (χ3n) is 4.54. The lowest BCUT2D eigenvalue weighted by Crippen LogP contribution is -2.44. The predicted molar refractivity (Wildman–Crippen MR) is 99.7 cm³/mol. The van der Waals surface area contributed by atoms with Crippen LogP contribution in [0.1, 0.15) is 28.8 Å². The maximum absolute atomic E-state index is 12.5. The molecule has 1 amide bonds. The van der Waals surface area contributed by atoms with Gasteiger partial charge in [-0.25, -0.2) is 0 Å². The number of hydrogen-bond donors (Lipinski definition) is 1. The van der Waals surface area contributed by atoms with Crippen molar-refractivity contribution in [1.82, 2.24) is 5.32 Å². The van der Waals surface area contributed by atoms with E-state index in [0.717, 1.165) is 35.2 Å². The Balaban J connectivity index is 1.78. The van der Waals surface area contributed by atoms with Crippen LogP contribution in [0.25, 0.3) is 0 Å². The number of carbonyl (C=O) groups excluding carboxylic acids is 1. The highest BCUT2D eigenvalue weighted by Crippen LogP contribution is 2.34. The van der Waals surface area contributed by atoms with E-state index >= 15 is 0 Å². The molecule has 3 nitrogen and oxygen atoms in total. The van der Waals surface area contributed by atoms with Crippen LogP contribution < -0.4 is 5.32 Å². The smallest absolute Gasteiger partial charge is 0.252 e. The molecule has 0 atom stereocenters. The summed E-state index contributed by atoms with van der Waals surface area (Å²) in [5.41, 5.74) is 1.99. The second-order valence-corrected chi connectivity index (χ2v) is 7.08. The maximum atomic E-state index is 12.5. The predicted octanol–water partition coefficient (Wildman–Crippen LogP) is 3.77. The number of halogens is 1. The summed E-state index contributed by atoms with van der Waals surface area (Å²) in [6, 6.07) is 18.1. The molecule has 1 aliphatic heterocycles. The van der Waals surface area contributed by atoms with E-state index in [4.69, 9.17) is 4.74 Å². The molecule has 1 aliphatic rings. The van der Waals surface area contributed by atoms with Crippen molar-refractivity contribution in [3.8, 4) is 0 Å². The van der Waals surface area contributed by atoms with Crippen molar-refractivity contribution in [3.63, 3.8) is 0 Å². The van der Waals surface area contributed by atoms with E-state index in [1.165, 1.54) is 5.56 Å². The number of carbonyl (C=O) groups is 1. The molecule has 0 radical (unpaired) electrons. The lowest BCUT2D eigenvalue weighted by molar-refractivity contribution is 0.0487. The van der Waals surface area contributed by atoms with E-state index in [2.05, 4.69) is 52.2 Å². The monoisotopic (exact) mass is 421 g/mol. The topological polar surface area (TPSA) is 38.3 Å². The van der Waals surface area contributed by atoms with Gasteiger partial charge in [-0.15, -0.1) is 0 Å². The van der Waals surface area contributed by atoms with Crippen molar-refractivity contribution in [2.24, 2.45) is 0 Å². The molecular formula is C19H20INO2. The molecule has 2 aromatic rings. The third-order valence-corrected chi connectivity index (χ3v) is 5.48. The summed E-state index contributed by atoms with van der Waals surface area (Å²) in [6.07, 6.45) is 1.87. The fourth-order valence-corrected chi connectivity index (χ4v) is 3.74. The summed E-state index contributed by atoms with van der Waals surface area (Å²) >= 11 is 2.20. The number of ether oxygens (including phenoxy) is 1. The van der Waals surface area contributed by atoms with Crippen LogP contribution in [-0.4, -0.2) is 25.7 Å². The van der Waals surface area contributed by atoms with Crippen LogP contribution in [0.15, 0.2) is 54.6 Å². The number of benzene rings is 2. The van der Waals surface area contributed by atoms with Gasteiger partial charge in [0.2, 0.25) is 0 Å². The van der Waals surface area contributed by atoms with Crippen LogP contribution in [0.2, 0.25) is 0 Å². The summed E-state index contributed by atoms with van der Waals surface area (Å²) in [7, 11) is 0. The largest absolute Gasteiger partial charge is 0.381 e. The average Bonchev–Trinajstić information content (AvgIpc) is 2.62. The quantitative estimate of drug-likeness (QED) is 0.764. The molecule has 120 valence electrons. The van der Waals surface area contributed by atoms with Crippen molar-refractivity contribution in [2.45, 2.75) is 18.3 Å². The summed E-state index contributed by atoms with van der Waals surface area (Å²) < 4.78 is 6.52. The van der Waals surface area contributed by atoms with Gasteiger partial charge in [0.25, 0.3) is 5.91 Å². The molecule has 0 saturated carbocycles. The molecule has 2 aromatic carbocycles. The van der Waals surface area contributed by atoms with Gasteiger partial charge in [0.1, 0.15) is 0 Å². The van der Waals surface area contributed by atoms with E-state index in [-0.39, 0.29) is 11.3 Å². The Labute approximate surface area is 150 Å². The highest BCUT2D eigenvalue weighted by molar-refractivity contribution is 14.1. The molecule has 1 N–H and O–H groups in total. The first-order chi connectivity index (χ1) is 11.2. The zero-order valence-electron chi connectivity index (χ0n) is 12.9. The van der Waals surface area contributed by atoms with E-state index < -0.39 is 0 Å². The standard InChI is InChI=1S/C19H20INO2/c20-17-9-5-4-8-16(17)18(22)21-14-19(10-12-23-13-11-19)15-6-2-1-3-7-15/h1-9H,10-14H2,(H,21,22). The number of nitrogens with one attached hydrogen (secondary N) is 1. The van der Waals surface area contributed by atoms with Gasteiger partial charge >= 0.3 is 0 Å². The molecular weight excluding hydrogens is 401 g/mol. The Morgan fingerprint density at radius 2 is 1.70 bits per heavy atom. The Hall–Kier alpha value is -1.40. The second-order valence-electron chi connectivity index (χ2n) is 5.92.